The van der Waals surface area contributed by atoms with Crippen molar-refractivity contribution in [2.24, 2.45) is 10.8 Å². The Hall–Kier alpha value is -2.42. The maximum Gasteiger partial charge on any atom is 0.266 e. The van der Waals surface area contributed by atoms with Crippen LogP contribution in [0.2, 0.25) is 0 Å². The largest absolute Gasteiger partial charge is 0.865 e. The van der Waals surface area contributed by atoms with Crippen LogP contribution in [0.5, 0.6) is 11.5 Å². The van der Waals surface area contributed by atoms with Crippen LogP contribution < -0.4 is 21.0 Å². The average Bonchev–Trinajstić information content (AvgIpc) is 2.30. The first-order valence-corrected chi connectivity index (χ1v) is 4.98. The van der Waals surface area contributed by atoms with Crippen LogP contribution in [0.4, 0.5) is 5.69 Å². The zero-order valence-electron chi connectivity index (χ0n) is 9.25. The molecular formula is C9H9N4O4S-. The lowest BCUT2D eigenvalue weighted by Crippen LogP contribution is -2.24. The maximum atomic E-state index is 11.5. The Labute approximate surface area is 107 Å². The van der Waals surface area contributed by atoms with Crippen molar-refractivity contribution >= 4 is 29.2 Å². The number of ether oxygens (including phenoxy) is 1. The molecule has 96 valence electrons. The van der Waals surface area contributed by atoms with E-state index in [4.69, 9.17) is 10.5 Å². The van der Waals surface area contributed by atoms with Crippen molar-refractivity contribution in [3.63, 3.8) is 0 Å². The first-order valence-electron chi connectivity index (χ1n) is 4.57. The Morgan fingerprint density at radius 2 is 2.33 bits per heavy atom. The highest BCUT2D eigenvalue weighted by Crippen LogP contribution is 2.33. The highest BCUT2D eigenvalue weighted by atomic mass is 32.1. The van der Waals surface area contributed by atoms with Gasteiger partial charge in [-0.15, -0.1) is 0 Å². The second-order valence-corrected chi connectivity index (χ2v) is 3.50. The van der Waals surface area contributed by atoms with Gasteiger partial charge >= 0.3 is 0 Å². The van der Waals surface area contributed by atoms with Gasteiger partial charge in [-0.1, -0.05) is 0 Å². The van der Waals surface area contributed by atoms with E-state index >= 15 is 0 Å². The number of hydrazone groups is 1. The van der Waals surface area contributed by atoms with E-state index in [1.165, 1.54) is 19.4 Å². The fourth-order valence-corrected chi connectivity index (χ4v) is 1.19. The number of nitrogens with two attached hydrogens (primary N) is 1. The Bertz CT molecular complexity index is 518. The molecule has 0 saturated heterocycles. The molecule has 0 bridgehead atoms. The molecule has 8 nitrogen and oxygen atoms in total. The lowest BCUT2D eigenvalue weighted by Gasteiger charge is -2.12. The fraction of sp³-hybridized carbons (Fsp3) is 0.111. The third-order valence-electron chi connectivity index (χ3n) is 1.86. The van der Waals surface area contributed by atoms with Crippen molar-refractivity contribution in [2.45, 2.75) is 0 Å². The third kappa shape index (κ3) is 3.28. The number of nitro groups is 1. The van der Waals surface area contributed by atoms with Gasteiger partial charge in [-0.25, -0.2) is 0 Å². The molecule has 0 unspecified atom stereocenters. The summed E-state index contributed by atoms with van der Waals surface area (Å²) in [4.78, 5) is 9.88. The van der Waals surface area contributed by atoms with E-state index in [-0.39, 0.29) is 10.9 Å². The molecule has 3 N–H and O–H groups in total. The number of benzene rings is 1. The SMILES string of the molecule is COc1cc(/C=N/NC(N)=S)cc([N+](=O)[O-])c1[O-]. The fourth-order valence-electron chi connectivity index (χ4n) is 1.14. The van der Waals surface area contributed by atoms with Crippen molar-refractivity contribution in [3.8, 4) is 11.5 Å². The van der Waals surface area contributed by atoms with Crippen LogP contribution in [0.25, 0.3) is 0 Å². The molecular weight excluding hydrogens is 260 g/mol. The summed E-state index contributed by atoms with van der Waals surface area (Å²) in [6.45, 7) is 0. The van der Waals surface area contributed by atoms with Gasteiger partial charge in [-0.3, -0.25) is 15.5 Å². The maximum absolute atomic E-state index is 11.5. The van der Waals surface area contributed by atoms with E-state index in [9.17, 15) is 15.2 Å². The van der Waals surface area contributed by atoms with Crippen molar-refractivity contribution in [1.29, 1.82) is 0 Å². The van der Waals surface area contributed by atoms with Crippen LogP contribution in [-0.4, -0.2) is 23.4 Å². The minimum atomic E-state index is -0.790. The third-order valence-corrected chi connectivity index (χ3v) is 1.95. The number of nitrogens with one attached hydrogen (secondary N) is 1. The second-order valence-electron chi connectivity index (χ2n) is 3.06. The number of nitro benzene ring substituents is 1. The predicted molar refractivity (Wildman–Crippen MR) is 66.6 cm³/mol. The summed E-state index contributed by atoms with van der Waals surface area (Å²) in [5.74, 6) is -0.928. The highest BCUT2D eigenvalue weighted by molar-refractivity contribution is 7.80. The van der Waals surface area contributed by atoms with Crippen LogP contribution in [0.3, 0.4) is 0 Å². The zero-order valence-corrected chi connectivity index (χ0v) is 10.1. The van der Waals surface area contributed by atoms with E-state index in [1.54, 1.807) is 0 Å². The molecule has 1 aromatic carbocycles. The number of thiocarbonyl (C=S) groups is 1. The Balaban J connectivity index is 3.13. The summed E-state index contributed by atoms with van der Waals surface area (Å²) in [6.07, 6.45) is 1.23. The molecule has 0 amide bonds. The minimum Gasteiger partial charge on any atom is -0.865 e. The van der Waals surface area contributed by atoms with Crippen LogP contribution in [0, 0.1) is 10.1 Å². The molecule has 9 heteroatoms. The average molecular weight is 269 g/mol. The monoisotopic (exact) mass is 269 g/mol. The van der Waals surface area contributed by atoms with E-state index in [0.717, 1.165) is 6.07 Å². The number of nitrogens with zero attached hydrogens (tertiary/aromatic N) is 2. The molecule has 0 aliphatic rings. The number of rotatable bonds is 4. The molecule has 0 fully saturated rings. The summed E-state index contributed by atoms with van der Waals surface area (Å²) < 4.78 is 4.75. The zero-order chi connectivity index (χ0) is 13.7. The first-order chi connectivity index (χ1) is 8.45. The van der Waals surface area contributed by atoms with Crippen LogP contribution in [0.15, 0.2) is 17.2 Å². The molecule has 0 heterocycles. The van der Waals surface area contributed by atoms with Crippen LogP contribution in [0.1, 0.15) is 5.56 Å². The number of hydrogen-bond acceptors (Lipinski definition) is 6. The molecule has 0 radical (unpaired) electrons. The molecule has 0 saturated carbocycles. The smallest absolute Gasteiger partial charge is 0.266 e. The van der Waals surface area contributed by atoms with Gasteiger partial charge < -0.3 is 15.6 Å². The Morgan fingerprint density at radius 3 is 2.83 bits per heavy atom. The molecule has 1 aromatic rings. The van der Waals surface area contributed by atoms with E-state index < -0.39 is 16.4 Å². The topological polar surface area (TPSA) is 126 Å². The minimum absolute atomic E-state index is 0.0480. The molecule has 18 heavy (non-hydrogen) atoms. The standard InChI is InChI=1S/C9H10N4O4S/c1-17-7-3-5(4-11-12-9(10)18)2-6(8(7)14)13(15)16/h2-4,14H,1H3,(H3,10,12,18)/p-1/b11-4+. The number of methoxy groups -OCH3 is 1. The van der Waals surface area contributed by atoms with Gasteiger partial charge in [0, 0.05) is 17.4 Å². The van der Waals surface area contributed by atoms with Crippen molar-refractivity contribution < 1.29 is 14.8 Å². The molecule has 0 aliphatic carbocycles. The van der Waals surface area contributed by atoms with E-state index in [2.05, 4.69) is 22.7 Å². The summed E-state index contributed by atoms with van der Waals surface area (Å²) in [6, 6.07) is 2.40. The quantitative estimate of drug-likeness (QED) is 0.336. The summed E-state index contributed by atoms with van der Waals surface area (Å²) >= 11 is 4.52. The Morgan fingerprint density at radius 1 is 1.67 bits per heavy atom. The summed E-state index contributed by atoms with van der Waals surface area (Å²) in [7, 11) is 1.24. The highest BCUT2D eigenvalue weighted by Gasteiger charge is 2.12. The van der Waals surface area contributed by atoms with Gasteiger partial charge in [-0.2, -0.15) is 5.10 Å². The lowest BCUT2D eigenvalue weighted by molar-refractivity contribution is -0.398. The molecule has 0 aliphatic heterocycles. The van der Waals surface area contributed by atoms with Gasteiger partial charge in [0.2, 0.25) is 0 Å². The van der Waals surface area contributed by atoms with Crippen molar-refractivity contribution in [1.82, 2.24) is 5.43 Å². The van der Waals surface area contributed by atoms with Gasteiger partial charge in [0.05, 0.1) is 18.2 Å². The van der Waals surface area contributed by atoms with Gasteiger partial charge in [-0.05, 0) is 18.3 Å². The lowest BCUT2D eigenvalue weighted by atomic mass is 10.2. The molecule has 0 spiro atoms. The molecule has 1 rings (SSSR count). The summed E-state index contributed by atoms with van der Waals surface area (Å²) in [5, 5.41) is 25.8. The molecule has 0 atom stereocenters. The number of hydrogen-bond donors (Lipinski definition) is 2. The van der Waals surface area contributed by atoms with E-state index in [0.29, 0.717) is 5.56 Å². The van der Waals surface area contributed by atoms with Gasteiger partial charge in [0.1, 0.15) is 5.75 Å². The van der Waals surface area contributed by atoms with Gasteiger partial charge in [0.25, 0.3) is 5.69 Å². The molecule has 0 aromatic heterocycles. The normalized spacial score (nSPS) is 10.3. The van der Waals surface area contributed by atoms with Crippen molar-refractivity contribution in [3.05, 3.63) is 27.8 Å². The summed E-state index contributed by atoms with van der Waals surface area (Å²) in [5.41, 5.74) is 7.14. The predicted octanol–water partition coefficient (Wildman–Crippen LogP) is -0.156. The van der Waals surface area contributed by atoms with Crippen molar-refractivity contribution in [2.75, 3.05) is 7.11 Å². The second kappa shape index (κ2) is 5.77. The van der Waals surface area contributed by atoms with Crippen LogP contribution in [-0.2, 0) is 0 Å². The van der Waals surface area contributed by atoms with Crippen LogP contribution >= 0.6 is 12.2 Å². The first kappa shape index (κ1) is 13.6. The van der Waals surface area contributed by atoms with E-state index in [1.807, 2.05) is 0 Å². The Kier molecular flexibility index (Phi) is 4.38. The van der Waals surface area contributed by atoms with Gasteiger partial charge in [0.15, 0.2) is 5.11 Å².